The van der Waals surface area contributed by atoms with Gasteiger partial charge in [-0.3, -0.25) is 4.79 Å². The van der Waals surface area contributed by atoms with Crippen LogP contribution in [0.5, 0.6) is 0 Å². The van der Waals surface area contributed by atoms with Crippen LogP contribution in [0.2, 0.25) is 0 Å². The van der Waals surface area contributed by atoms with E-state index < -0.39 is 11.8 Å². The van der Waals surface area contributed by atoms with Crippen molar-refractivity contribution in [2.24, 2.45) is 0 Å². The quantitative estimate of drug-likeness (QED) is 0.614. The summed E-state index contributed by atoms with van der Waals surface area (Å²) in [7, 11) is 0. The highest BCUT2D eigenvalue weighted by atomic mass is 79.9. The molecule has 0 bridgehead atoms. The minimum Gasteiger partial charge on any atom is -0.462 e. The Hall–Kier alpha value is -2.41. The monoisotopic (exact) mass is 392 g/mol. The zero-order chi connectivity index (χ0) is 17.4. The molecular formula is C17H14BrFN2O3. The molecule has 0 saturated carbocycles. The smallest absolute Gasteiger partial charge is 0.340 e. The van der Waals surface area contributed by atoms with E-state index in [0.29, 0.717) is 28.1 Å². The maximum Gasteiger partial charge on any atom is 0.340 e. The maximum atomic E-state index is 13.6. The molecule has 0 unspecified atom stereocenters. The molecule has 2 N–H and O–H groups in total. The van der Waals surface area contributed by atoms with E-state index in [9.17, 15) is 14.0 Å². The molecule has 0 fully saturated rings. The van der Waals surface area contributed by atoms with Gasteiger partial charge in [0.1, 0.15) is 5.82 Å². The van der Waals surface area contributed by atoms with E-state index in [1.165, 1.54) is 12.1 Å². The highest BCUT2D eigenvalue weighted by molar-refractivity contribution is 9.10. The van der Waals surface area contributed by atoms with Crippen LogP contribution in [0.15, 0.2) is 22.7 Å². The van der Waals surface area contributed by atoms with E-state index in [1.807, 2.05) is 0 Å². The van der Waals surface area contributed by atoms with Gasteiger partial charge < -0.3 is 15.0 Å². The predicted molar refractivity (Wildman–Crippen MR) is 92.1 cm³/mol. The number of hydrogen-bond donors (Lipinski definition) is 2. The first-order valence-electron chi connectivity index (χ1n) is 7.30. The van der Waals surface area contributed by atoms with Crippen molar-refractivity contribution in [2.45, 2.75) is 13.8 Å². The predicted octanol–water partition coefficient (Wildman–Crippen LogP) is 3.89. The zero-order valence-corrected chi connectivity index (χ0v) is 14.6. The third kappa shape index (κ3) is 2.87. The van der Waals surface area contributed by atoms with Crippen LogP contribution in [-0.4, -0.2) is 23.5 Å². The number of H-pyrrole nitrogens is 1. The van der Waals surface area contributed by atoms with Crippen molar-refractivity contribution in [2.75, 3.05) is 11.9 Å². The van der Waals surface area contributed by atoms with Crippen LogP contribution in [0.3, 0.4) is 0 Å². The normalized spacial score (nSPS) is 14.7. The largest absolute Gasteiger partial charge is 0.462 e. The highest BCUT2D eigenvalue weighted by Crippen LogP contribution is 2.36. The van der Waals surface area contributed by atoms with Gasteiger partial charge in [0.2, 0.25) is 0 Å². The Bertz CT molecular complexity index is 886. The Balaban J connectivity index is 2.09. The molecular weight excluding hydrogens is 379 g/mol. The SMILES string of the molecule is CCOC(=O)c1cc(C)[nH]c1/C=C1\C(=O)Nc2cc(F)c(Br)cc21. The molecule has 24 heavy (non-hydrogen) atoms. The molecule has 0 aliphatic carbocycles. The summed E-state index contributed by atoms with van der Waals surface area (Å²) >= 11 is 3.12. The number of anilines is 1. The number of amides is 1. The number of esters is 1. The molecule has 1 aromatic carbocycles. The van der Waals surface area contributed by atoms with Crippen molar-refractivity contribution >= 4 is 45.1 Å². The molecule has 0 saturated heterocycles. The fourth-order valence-corrected chi connectivity index (χ4v) is 2.92. The lowest BCUT2D eigenvalue weighted by molar-refractivity contribution is -0.110. The van der Waals surface area contributed by atoms with Crippen LogP contribution >= 0.6 is 15.9 Å². The molecule has 1 aliphatic rings. The molecule has 0 radical (unpaired) electrons. The molecule has 3 rings (SSSR count). The number of aromatic amines is 1. The fourth-order valence-electron chi connectivity index (χ4n) is 2.57. The molecule has 1 aromatic heterocycles. The lowest BCUT2D eigenvalue weighted by Crippen LogP contribution is -2.06. The first kappa shape index (κ1) is 16.4. The molecule has 0 spiro atoms. The van der Waals surface area contributed by atoms with Crippen molar-refractivity contribution in [3.05, 3.63) is 51.0 Å². The van der Waals surface area contributed by atoms with Gasteiger partial charge in [0, 0.05) is 11.3 Å². The van der Waals surface area contributed by atoms with Gasteiger partial charge in [-0.2, -0.15) is 0 Å². The highest BCUT2D eigenvalue weighted by Gasteiger charge is 2.27. The third-order valence-electron chi connectivity index (χ3n) is 3.61. The van der Waals surface area contributed by atoms with Gasteiger partial charge in [0.05, 0.1) is 33.6 Å². The lowest BCUT2D eigenvalue weighted by Gasteiger charge is -2.03. The van der Waals surface area contributed by atoms with Crippen LogP contribution in [0, 0.1) is 12.7 Å². The van der Waals surface area contributed by atoms with E-state index in [2.05, 4.69) is 26.2 Å². The average Bonchev–Trinajstić information content (AvgIpc) is 3.02. The molecule has 1 aliphatic heterocycles. The Labute approximate surface area is 146 Å². The number of aromatic nitrogens is 1. The number of halogens is 2. The van der Waals surface area contributed by atoms with Crippen molar-refractivity contribution in [1.82, 2.24) is 4.98 Å². The molecule has 2 aromatic rings. The second kappa shape index (κ2) is 6.24. The van der Waals surface area contributed by atoms with Gasteiger partial charge in [-0.15, -0.1) is 0 Å². The second-order valence-electron chi connectivity index (χ2n) is 5.32. The number of hydrogen-bond acceptors (Lipinski definition) is 3. The third-order valence-corrected chi connectivity index (χ3v) is 4.22. The standard InChI is InChI=1S/C17H14BrFN2O3/c1-3-24-17(23)11-4-8(2)20-14(11)6-10-9-5-12(18)13(19)7-15(9)21-16(10)22/h4-7,20H,3H2,1-2H3,(H,21,22)/b10-6-. The molecule has 2 heterocycles. The van der Waals surface area contributed by atoms with Crippen molar-refractivity contribution < 1.29 is 18.7 Å². The summed E-state index contributed by atoms with van der Waals surface area (Å²) in [6.07, 6.45) is 1.57. The van der Waals surface area contributed by atoms with E-state index in [0.717, 1.165) is 5.69 Å². The Morgan fingerprint density at radius 2 is 2.12 bits per heavy atom. The molecule has 1 amide bonds. The van der Waals surface area contributed by atoms with Gasteiger partial charge in [-0.1, -0.05) is 0 Å². The Kier molecular flexibility index (Phi) is 4.28. The maximum absolute atomic E-state index is 13.6. The van der Waals surface area contributed by atoms with Gasteiger partial charge in [0.25, 0.3) is 5.91 Å². The molecule has 0 atom stereocenters. The minimum absolute atomic E-state index is 0.259. The van der Waals surface area contributed by atoms with Crippen LogP contribution in [0.1, 0.15) is 34.2 Å². The average molecular weight is 393 g/mol. The molecule has 7 heteroatoms. The summed E-state index contributed by atoms with van der Waals surface area (Å²) in [5.41, 5.74) is 2.90. The number of fused-ring (bicyclic) bond motifs is 1. The van der Waals surface area contributed by atoms with Gasteiger partial charge >= 0.3 is 5.97 Å². The number of carbonyl (C=O) groups is 2. The van der Waals surface area contributed by atoms with Crippen LogP contribution in [0.25, 0.3) is 11.6 Å². The zero-order valence-electron chi connectivity index (χ0n) is 13.0. The summed E-state index contributed by atoms with van der Waals surface area (Å²) in [6, 6.07) is 4.46. The van der Waals surface area contributed by atoms with E-state index in [1.54, 1.807) is 26.0 Å². The number of benzene rings is 1. The number of rotatable bonds is 3. The number of nitrogens with one attached hydrogen (secondary N) is 2. The summed E-state index contributed by atoms with van der Waals surface area (Å²) in [5, 5.41) is 2.62. The minimum atomic E-state index is -0.465. The Morgan fingerprint density at radius 3 is 2.83 bits per heavy atom. The van der Waals surface area contributed by atoms with Crippen molar-refractivity contribution in [3.8, 4) is 0 Å². The first-order chi connectivity index (χ1) is 11.4. The summed E-state index contributed by atoms with van der Waals surface area (Å²) in [4.78, 5) is 27.3. The number of aryl methyl sites for hydroxylation is 1. The lowest BCUT2D eigenvalue weighted by atomic mass is 10.0. The number of carbonyl (C=O) groups excluding carboxylic acids is 2. The van der Waals surface area contributed by atoms with E-state index in [4.69, 9.17) is 4.74 Å². The van der Waals surface area contributed by atoms with Gasteiger partial charge in [-0.25, -0.2) is 9.18 Å². The molecule has 124 valence electrons. The number of ether oxygens (including phenoxy) is 1. The van der Waals surface area contributed by atoms with E-state index >= 15 is 0 Å². The summed E-state index contributed by atoms with van der Waals surface area (Å²) in [6.45, 7) is 3.79. The van der Waals surface area contributed by atoms with Crippen LogP contribution < -0.4 is 5.32 Å². The van der Waals surface area contributed by atoms with Gasteiger partial charge in [0.15, 0.2) is 0 Å². The van der Waals surface area contributed by atoms with Crippen molar-refractivity contribution in [1.29, 1.82) is 0 Å². The summed E-state index contributed by atoms with van der Waals surface area (Å²) in [5.74, 6) is -1.28. The van der Waals surface area contributed by atoms with E-state index in [-0.39, 0.29) is 17.0 Å². The second-order valence-corrected chi connectivity index (χ2v) is 6.18. The topological polar surface area (TPSA) is 71.2 Å². The van der Waals surface area contributed by atoms with Crippen LogP contribution in [0.4, 0.5) is 10.1 Å². The van der Waals surface area contributed by atoms with Gasteiger partial charge in [-0.05, 0) is 54.1 Å². The fraction of sp³-hybridized carbons (Fsp3) is 0.176. The van der Waals surface area contributed by atoms with Crippen molar-refractivity contribution in [3.63, 3.8) is 0 Å². The van der Waals surface area contributed by atoms with Crippen LogP contribution in [-0.2, 0) is 9.53 Å². The first-order valence-corrected chi connectivity index (χ1v) is 8.09. The molecule has 5 nitrogen and oxygen atoms in total. The Morgan fingerprint density at radius 1 is 1.38 bits per heavy atom. The summed E-state index contributed by atoms with van der Waals surface area (Å²) < 4.78 is 18.9.